The molecule has 0 fully saturated rings. The van der Waals surface area contributed by atoms with Crippen molar-refractivity contribution in [2.45, 2.75) is 20.8 Å². The maximum atomic E-state index is 5.89. The molecule has 0 aliphatic carbocycles. The zero-order valence-electron chi connectivity index (χ0n) is 8.30. The molecule has 2 heteroatoms. The first-order valence-corrected chi connectivity index (χ1v) is 4.85. The fourth-order valence-electron chi connectivity index (χ4n) is 1.05. The molecule has 72 valence electrons. The number of ether oxygens (including phenoxy) is 1. The fourth-order valence-corrected chi connectivity index (χ4v) is 1.33. The summed E-state index contributed by atoms with van der Waals surface area (Å²) in [6.07, 6.45) is 0. The van der Waals surface area contributed by atoms with Crippen molar-refractivity contribution in [3.8, 4) is 5.75 Å². The summed E-state index contributed by atoms with van der Waals surface area (Å²) in [6, 6.07) is 5.76. The Morgan fingerprint density at radius 3 is 2.54 bits per heavy atom. The monoisotopic (exact) mass is 198 g/mol. The molecule has 13 heavy (non-hydrogen) atoms. The number of hydrogen-bond donors (Lipinski definition) is 0. The molecule has 0 aliphatic heterocycles. The molecule has 0 spiro atoms. The Morgan fingerprint density at radius 2 is 2.00 bits per heavy atom. The first-order valence-electron chi connectivity index (χ1n) is 4.48. The van der Waals surface area contributed by atoms with Crippen molar-refractivity contribution in [1.29, 1.82) is 0 Å². The van der Waals surface area contributed by atoms with Crippen molar-refractivity contribution in [2.24, 2.45) is 5.92 Å². The average molecular weight is 199 g/mol. The summed E-state index contributed by atoms with van der Waals surface area (Å²) in [6.45, 7) is 6.99. The predicted molar refractivity (Wildman–Crippen MR) is 56.5 cm³/mol. The Labute approximate surface area is 84.7 Å². The second-order valence-corrected chi connectivity index (χ2v) is 4.11. The molecule has 0 aromatic heterocycles. The van der Waals surface area contributed by atoms with E-state index in [9.17, 15) is 0 Å². The molecule has 0 radical (unpaired) electrons. The molecular weight excluding hydrogens is 184 g/mol. The van der Waals surface area contributed by atoms with Gasteiger partial charge in [-0.15, -0.1) is 0 Å². The van der Waals surface area contributed by atoms with Gasteiger partial charge >= 0.3 is 0 Å². The third-order valence-corrected chi connectivity index (χ3v) is 1.82. The normalized spacial score (nSPS) is 10.5. The number of rotatable bonds is 3. The zero-order valence-corrected chi connectivity index (χ0v) is 9.06. The van der Waals surface area contributed by atoms with Gasteiger partial charge in [0.15, 0.2) is 0 Å². The molecule has 1 rings (SSSR count). The summed E-state index contributed by atoms with van der Waals surface area (Å²) >= 11 is 5.89. The highest BCUT2D eigenvalue weighted by atomic mass is 35.5. The van der Waals surface area contributed by atoms with E-state index in [2.05, 4.69) is 13.8 Å². The minimum atomic E-state index is 0.541. The van der Waals surface area contributed by atoms with Crippen molar-refractivity contribution in [1.82, 2.24) is 0 Å². The lowest BCUT2D eigenvalue weighted by molar-refractivity contribution is 0.271. The van der Waals surface area contributed by atoms with Crippen LogP contribution in [0, 0.1) is 12.8 Å². The fraction of sp³-hybridized carbons (Fsp3) is 0.455. The number of hydrogen-bond acceptors (Lipinski definition) is 1. The van der Waals surface area contributed by atoms with Crippen LogP contribution in [0.5, 0.6) is 5.75 Å². The van der Waals surface area contributed by atoms with E-state index in [0.717, 1.165) is 22.9 Å². The third kappa shape index (κ3) is 3.69. The van der Waals surface area contributed by atoms with Crippen LogP contribution in [0.15, 0.2) is 18.2 Å². The number of halogens is 1. The van der Waals surface area contributed by atoms with Crippen LogP contribution in [-0.2, 0) is 0 Å². The highest BCUT2D eigenvalue weighted by Crippen LogP contribution is 2.20. The predicted octanol–water partition coefficient (Wildman–Crippen LogP) is 3.68. The Hall–Kier alpha value is -0.690. The largest absolute Gasteiger partial charge is 0.493 e. The van der Waals surface area contributed by atoms with E-state index in [-0.39, 0.29) is 0 Å². The van der Waals surface area contributed by atoms with Gasteiger partial charge in [0.2, 0.25) is 0 Å². The van der Waals surface area contributed by atoms with Crippen molar-refractivity contribution in [2.75, 3.05) is 6.61 Å². The van der Waals surface area contributed by atoms with E-state index in [1.54, 1.807) is 0 Å². The first-order chi connectivity index (χ1) is 6.08. The summed E-state index contributed by atoms with van der Waals surface area (Å²) in [7, 11) is 0. The SMILES string of the molecule is Cc1cc(Cl)cc(OCC(C)C)c1. The zero-order chi connectivity index (χ0) is 9.84. The van der Waals surface area contributed by atoms with Crippen LogP contribution in [0.4, 0.5) is 0 Å². The van der Waals surface area contributed by atoms with Crippen LogP contribution < -0.4 is 4.74 Å². The summed E-state index contributed by atoms with van der Waals surface area (Å²) < 4.78 is 5.54. The van der Waals surface area contributed by atoms with Gasteiger partial charge in [-0.2, -0.15) is 0 Å². The van der Waals surface area contributed by atoms with Gasteiger partial charge in [0, 0.05) is 5.02 Å². The van der Waals surface area contributed by atoms with Crippen molar-refractivity contribution < 1.29 is 4.74 Å². The molecule has 0 bridgehead atoms. The molecule has 0 heterocycles. The van der Waals surface area contributed by atoms with E-state index < -0.39 is 0 Å². The number of benzene rings is 1. The Bertz CT molecular complexity index is 261. The van der Waals surface area contributed by atoms with Crippen LogP contribution in [0.3, 0.4) is 0 Å². The highest BCUT2D eigenvalue weighted by molar-refractivity contribution is 6.30. The quantitative estimate of drug-likeness (QED) is 0.720. The molecule has 0 atom stereocenters. The molecule has 1 aromatic carbocycles. The maximum absolute atomic E-state index is 5.89. The smallest absolute Gasteiger partial charge is 0.121 e. The minimum absolute atomic E-state index is 0.541. The van der Waals surface area contributed by atoms with Gasteiger partial charge in [-0.1, -0.05) is 25.4 Å². The van der Waals surface area contributed by atoms with Gasteiger partial charge < -0.3 is 4.74 Å². The van der Waals surface area contributed by atoms with E-state index in [4.69, 9.17) is 16.3 Å². The third-order valence-electron chi connectivity index (χ3n) is 1.60. The molecule has 1 aromatic rings. The van der Waals surface area contributed by atoms with Gasteiger partial charge in [0.1, 0.15) is 5.75 Å². The van der Waals surface area contributed by atoms with E-state index in [0.29, 0.717) is 5.92 Å². The van der Waals surface area contributed by atoms with Crippen LogP contribution in [-0.4, -0.2) is 6.61 Å². The first kappa shape index (κ1) is 10.4. The van der Waals surface area contributed by atoms with E-state index in [1.165, 1.54) is 0 Å². The average Bonchev–Trinajstić information content (AvgIpc) is 1.99. The second-order valence-electron chi connectivity index (χ2n) is 3.67. The van der Waals surface area contributed by atoms with Crippen molar-refractivity contribution in [3.63, 3.8) is 0 Å². The Kier molecular flexibility index (Phi) is 3.61. The summed E-state index contributed by atoms with van der Waals surface area (Å²) in [5.41, 5.74) is 1.13. The Balaban J connectivity index is 2.66. The van der Waals surface area contributed by atoms with E-state index >= 15 is 0 Å². The van der Waals surface area contributed by atoms with Gasteiger partial charge in [0.05, 0.1) is 6.61 Å². The van der Waals surface area contributed by atoms with Gasteiger partial charge in [0.25, 0.3) is 0 Å². The van der Waals surface area contributed by atoms with Gasteiger partial charge in [-0.25, -0.2) is 0 Å². The molecular formula is C11H15ClO. The van der Waals surface area contributed by atoms with Gasteiger partial charge in [-0.05, 0) is 36.6 Å². The summed E-state index contributed by atoms with van der Waals surface area (Å²) in [5.74, 6) is 1.40. The lowest BCUT2D eigenvalue weighted by Crippen LogP contribution is -2.04. The van der Waals surface area contributed by atoms with Crippen molar-refractivity contribution in [3.05, 3.63) is 28.8 Å². The molecule has 0 aliphatic rings. The van der Waals surface area contributed by atoms with Crippen LogP contribution in [0.1, 0.15) is 19.4 Å². The topological polar surface area (TPSA) is 9.23 Å². The highest BCUT2D eigenvalue weighted by Gasteiger charge is 1.99. The molecule has 0 saturated carbocycles. The van der Waals surface area contributed by atoms with E-state index in [1.807, 2.05) is 25.1 Å². The van der Waals surface area contributed by atoms with Gasteiger partial charge in [-0.3, -0.25) is 0 Å². The maximum Gasteiger partial charge on any atom is 0.121 e. The molecule has 0 saturated heterocycles. The number of aryl methyl sites for hydroxylation is 1. The molecule has 0 N–H and O–H groups in total. The van der Waals surface area contributed by atoms with Crippen LogP contribution in [0.25, 0.3) is 0 Å². The van der Waals surface area contributed by atoms with Crippen LogP contribution in [0.2, 0.25) is 5.02 Å². The molecule has 0 unspecified atom stereocenters. The molecule has 1 nitrogen and oxygen atoms in total. The lowest BCUT2D eigenvalue weighted by atomic mass is 10.2. The van der Waals surface area contributed by atoms with Crippen LogP contribution >= 0.6 is 11.6 Å². The molecule has 0 amide bonds. The summed E-state index contributed by atoms with van der Waals surface area (Å²) in [4.78, 5) is 0. The standard InChI is InChI=1S/C11H15ClO/c1-8(2)7-13-11-5-9(3)4-10(12)6-11/h4-6,8H,7H2,1-3H3. The minimum Gasteiger partial charge on any atom is -0.493 e. The Morgan fingerprint density at radius 1 is 1.31 bits per heavy atom. The summed E-state index contributed by atoms with van der Waals surface area (Å²) in [5, 5.41) is 0.735. The lowest BCUT2D eigenvalue weighted by Gasteiger charge is -2.09. The van der Waals surface area contributed by atoms with Crippen molar-refractivity contribution >= 4 is 11.6 Å². The second kappa shape index (κ2) is 4.52.